The summed E-state index contributed by atoms with van der Waals surface area (Å²) in [6.45, 7) is 2.04. The standard InChI is InChI=1S/C17H16ClFN2OS/c1-12-5-2-3-6-13(12)10-23-11-17(22)21-20-9-14-15(18)7-4-8-16(14)19/h2-9H,10-11H2,1H3,(H,21,22)/b20-9-. The van der Waals surface area contributed by atoms with E-state index in [4.69, 9.17) is 11.6 Å². The number of rotatable bonds is 6. The summed E-state index contributed by atoms with van der Waals surface area (Å²) in [4.78, 5) is 11.7. The summed E-state index contributed by atoms with van der Waals surface area (Å²) in [6, 6.07) is 12.4. The molecule has 0 aliphatic heterocycles. The lowest BCUT2D eigenvalue weighted by Gasteiger charge is -2.04. The summed E-state index contributed by atoms with van der Waals surface area (Å²) < 4.78 is 13.5. The molecule has 1 amide bonds. The van der Waals surface area contributed by atoms with Crippen LogP contribution in [0.4, 0.5) is 4.39 Å². The number of halogens is 2. The van der Waals surface area contributed by atoms with Gasteiger partial charge in [0.1, 0.15) is 5.82 Å². The van der Waals surface area contributed by atoms with Crippen LogP contribution in [-0.2, 0) is 10.5 Å². The lowest BCUT2D eigenvalue weighted by Crippen LogP contribution is -2.19. The van der Waals surface area contributed by atoms with Crippen LogP contribution in [-0.4, -0.2) is 17.9 Å². The van der Waals surface area contributed by atoms with Crippen LogP contribution in [0.1, 0.15) is 16.7 Å². The van der Waals surface area contributed by atoms with E-state index in [0.29, 0.717) is 0 Å². The SMILES string of the molecule is Cc1ccccc1CSCC(=O)N/N=C\c1c(F)cccc1Cl. The third-order valence-electron chi connectivity index (χ3n) is 3.13. The van der Waals surface area contributed by atoms with Crippen molar-refractivity contribution in [3.63, 3.8) is 0 Å². The number of benzene rings is 2. The smallest absolute Gasteiger partial charge is 0.250 e. The van der Waals surface area contributed by atoms with Gasteiger partial charge in [0.25, 0.3) is 0 Å². The zero-order valence-corrected chi connectivity index (χ0v) is 14.1. The molecule has 0 saturated heterocycles. The Kier molecular flexibility index (Phi) is 6.62. The number of hydrogen-bond acceptors (Lipinski definition) is 3. The molecule has 0 saturated carbocycles. The van der Waals surface area contributed by atoms with E-state index in [1.807, 2.05) is 31.2 Å². The highest BCUT2D eigenvalue weighted by atomic mass is 35.5. The molecular weight excluding hydrogens is 335 g/mol. The molecular formula is C17H16ClFN2OS. The maximum absolute atomic E-state index is 13.5. The molecule has 0 bridgehead atoms. The van der Waals surface area contributed by atoms with Gasteiger partial charge in [0.15, 0.2) is 0 Å². The van der Waals surface area contributed by atoms with Crippen LogP contribution in [0.15, 0.2) is 47.6 Å². The maximum Gasteiger partial charge on any atom is 0.250 e. The van der Waals surface area contributed by atoms with Gasteiger partial charge >= 0.3 is 0 Å². The second-order valence-corrected chi connectivity index (χ2v) is 6.24. The summed E-state index contributed by atoms with van der Waals surface area (Å²) >= 11 is 7.36. The highest BCUT2D eigenvalue weighted by Gasteiger charge is 2.05. The van der Waals surface area contributed by atoms with Gasteiger partial charge < -0.3 is 0 Å². The van der Waals surface area contributed by atoms with Crippen LogP contribution < -0.4 is 5.43 Å². The van der Waals surface area contributed by atoms with Crippen LogP contribution >= 0.6 is 23.4 Å². The Bertz CT molecular complexity index is 701. The maximum atomic E-state index is 13.5. The fraction of sp³-hybridized carbons (Fsp3) is 0.176. The number of carbonyl (C=O) groups is 1. The van der Waals surface area contributed by atoms with Crippen LogP contribution in [0.2, 0.25) is 5.02 Å². The minimum absolute atomic E-state index is 0.155. The summed E-state index contributed by atoms with van der Waals surface area (Å²) in [5, 5.41) is 3.99. The van der Waals surface area contributed by atoms with Crippen LogP contribution in [0.25, 0.3) is 0 Å². The second kappa shape index (κ2) is 8.70. The molecule has 0 aromatic heterocycles. The Morgan fingerprint density at radius 1 is 1.30 bits per heavy atom. The van der Waals surface area contributed by atoms with Crippen LogP contribution in [0.3, 0.4) is 0 Å². The predicted molar refractivity (Wildman–Crippen MR) is 94.5 cm³/mol. The first-order chi connectivity index (χ1) is 11.1. The van der Waals surface area contributed by atoms with Crippen molar-refractivity contribution in [2.24, 2.45) is 5.10 Å². The normalized spacial score (nSPS) is 10.9. The van der Waals surface area contributed by atoms with Crippen LogP contribution in [0.5, 0.6) is 0 Å². The van der Waals surface area contributed by atoms with Crippen molar-refractivity contribution in [3.8, 4) is 0 Å². The molecule has 2 rings (SSSR count). The monoisotopic (exact) mass is 350 g/mol. The molecule has 0 aliphatic carbocycles. The number of nitrogens with one attached hydrogen (secondary N) is 1. The first-order valence-electron chi connectivity index (χ1n) is 6.96. The van der Waals surface area contributed by atoms with Gasteiger partial charge in [-0.2, -0.15) is 5.10 Å². The average Bonchev–Trinajstić information content (AvgIpc) is 2.52. The third kappa shape index (κ3) is 5.37. The Morgan fingerprint density at radius 2 is 2.09 bits per heavy atom. The Labute approximate surface area is 143 Å². The van der Waals surface area contributed by atoms with E-state index < -0.39 is 5.82 Å². The highest BCUT2D eigenvalue weighted by Crippen LogP contribution is 2.17. The van der Waals surface area contributed by atoms with E-state index in [1.165, 1.54) is 41.2 Å². The Hall–Kier alpha value is -1.85. The van der Waals surface area contributed by atoms with Crippen molar-refractivity contribution in [1.82, 2.24) is 5.43 Å². The van der Waals surface area contributed by atoms with Gasteiger partial charge in [-0.15, -0.1) is 11.8 Å². The van der Waals surface area contributed by atoms with Gasteiger partial charge in [-0.25, -0.2) is 9.82 Å². The molecule has 0 fully saturated rings. The molecule has 0 spiro atoms. The quantitative estimate of drug-likeness (QED) is 0.627. The molecule has 2 aromatic rings. The van der Waals surface area contributed by atoms with E-state index in [-0.39, 0.29) is 22.2 Å². The molecule has 6 heteroatoms. The summed E-state index contributed by atoms with van der Waals surface area (Å²) in [5.74, 6) is 0.302. The average molecular weight is 351 g/mol. The van der Waals surface area contributed by atoms with Gasteiger partial charge in [0.2, 0.25) is 5.91 Å². The Balaban J connectivity index is 1.79. The fourth-order valence-electron chi connectivity index (χ4n) is 1.86. The minimum atomic E-state index is -0.482. The zero-order chi connectivity index (χ0) is 16.7. The summed E-state index contributed by atoms with van der Waals surface area (Å²) in [7, 11) is 0. The largest absolute Gasteiger partial charge is 0.272 e. The van der Waals surface area contributed by atoms with Crippen LogP contribution in [0, 0.1) is 12.7 Å². The van der Waals surface area contributed by atoms with E-state index in [9.17, 15) is 9.18 Å². The molecule has 0 aliphatic rings. The molecule has 0 radical (unpaired) electrons. The number of aryl methyl sites for hydroxylation is 1. The molecule has 3 nitrogen and oxygen atoms in total. The molecule has 1 N–H and O–H groups in total. The summed E-state index contributed by atoms with van der Waals surface area (Å²) in [5.41, 5.74) is 4.93. The molecule has 0 atom stereocenters. The number of hydrogen-bond donors (Lipinski definition) is 1. The first-order valence-corrected chi connectivity index (χ1v) is 8.49. The van der Waals surface area contributed by atoms with Gasteiger partial charge in [-0.1, -0.05) is 41.9 Å². The third-order valence-corrected chi connectivity index (χ3v) is 4.45. The van der Waals surface area contributed by atoms with Crippen molar-refractivity contribution in [2.75, 3.05) is 5.75 Å². The van der Waals surface area contributed by atoms with E-state index in [0.717, 1.165) is 5.75 Å². The number of nitrogens with zero attached hydrogens (tertiary/aromatic N) is 1. The number of carbonyl (C=O) groups excluding carboxylic acids is 1. The first kappa shape index (κ1) is 17.5. The molecule has 120 valence electrons. The zero-order valence-electron chi connectivity index (χ0n) is 12.6. The molecule has 0 heterocycles. The van der Waals surface area contributed by atoms with Crippen molar-refractivity contribution in [1.29, 1.82) is 0 Å². The van der Waals surface area contributed by atoms with Gasteiger partial charge in [-0.05, 0) is 30.2 Å². The van der Waals surface area contributed by atoms with E-state index >= 15 is 0 Å². The Morgan fingerprint density at radius 3 is 2.83 bits per heavy atom. The topological polar surface area (TPSA) is 41.5 Å². The molecule has 23 heavy (non-hydrogen) atoms. The fourth-order valence-corrected chi connectivity index (χ4v) is 2.97. The number of amides is 1. The lowest BCUT2D eigenvalue weighted by atomic mass is 10.1. The van der Waals surface area contributed by atoms with Crippen molar-refractivity contribution in [3.05, 3.63) is 70.0 Å². The van der Waals surface area contributed by atoms with Gasteiger partial charge in [0, 0.05) is 11.3 Å². The lowest BCUT2D eigenvalue weighted by molar-refractivity contribution is -0.118. The van der Waals surface area contributed by atoms with Crippen molar-refractivity contribution >= 4 is 35.5 Å². The number of hydrazone groups is 1. The van der Waals surface area contributed by atoms with E-state index in [2.05, 4.69) is 10.5 Å². The number of thioether (sulfide) groups is 1. The van der Waals surface area contributed by atoms with Crippen molar-refractivity contribution < 1.29 is 9.18 Å². The van der Waals surface area contributed by atoms with E-state index in [1.54, 1.807) is 6.07 Å². The molecule has 0 unspecified atom stereocenters. The minimum Gasteiger partial charge on any atom is -0.272 e. The van der Waals surface area contributed by atoms with Crippen molar-refractivity contribution in [2.45, 2.75) is 12.7 Å². The van der Waals surface area contributed by atoms with Gasteiger partial charge in [0.05, 0.1) is 17.0 Å². The predicted octanol–water partition coefficient (Wildman–Crippen LogP) is 4.17. The highest BCUT2D eigenvalue weighted by molar-refractivity contribution is 7.99. The summed E-state index contributed by atoms with van der Waals surface area (Å²) in [6.07, 6.45) is 1.21. The molecule has 2 aromatic carbocycles. The second-order valence-electron chi connectivity index (χ2n) is 4.85. The van der Waals surface area contributed by atoms with Gasteiger partial charge in [-0.3, -0.25) is 4.79 Å².